The maximum absolute atomic E-state index is 11.6. The van der Waals surface area contributed by atoms with E-state index >= 15 is 0 Å². The second kappa shape index (κ2) is 3.55. The van der Waals surface area contributed by atoms with Crippen LogP contribution in [0.1, 0.15) is 16.2 Å². The molecule has 0 saturated carbocycles. The first-order chi connectivity index (χ1) is 6.77. The molecule has 0 amide bonds. The lowest BCUT2D eigenvalue weighted by Crippen LogP contribution is -2.03. The van der Waals surface area contributed by atoms with Crippen LogP contribution in [0.15, 0.2) is 24.3 Å². The highest BCUT2D eigenvalue weighted by Crippen LogP contribution is 2.11. The summed E-state index contributed by atoms with van der Waals surface area (Å²) in [6, 6.07) is 6.49. The molecule has 2 aromatic rings. The summed E-state index contributed by atoms with van der Waals surface area (Å²) in [6.45, 7) is 0. The minimum absolute atomic E-state index is 0.0484. The summed E-state index contributed by atoms with van der Waals surface area (Å²) in [5.41, 5.74) is 0.482. The zero-order valence-corrected chi connectivity index (χ0v) is 7.69. The van der Waals surface area contributed by atoms with Crippen molar-refractivity contribution >= 4 is 17.4 Å². The number of nitrogens with one attached hydrogen (secondary N) is 1. The van der Waals surface area contributed by atoms with Crippen molar-refractivity contribution in [3.8, 4) is 0 Å². The summed E-state index contributed by atoms with van der Waals surface area (Å²) in [7, 11) is 0. The molecule has 0 saturated heterocycles. The molecule has 0 unspecified atom stereocenters. The Hall–Kier alpha value is -1.75. The van der Waals surface area contributed by atoms with Crippen LogP contribution in [-0.4, -0.2) is 26.4 Å². The predicted molar refractivity (Wildman–Crippen MR) is 49.1 cm³/mol. The number of rotatable bonds is 2. The van der Waals surface area contributed by atoms with E-state index in [0.717, 1.165) is 0 Å². The lowest BCUT2D eigenvalue weighted by atomic mass is 10.1. The van der Waals surface area contributed by atoms with Gasteiger partial charge in [0.05, 0.1) is 0 Å². The first-order valence-electron chi connectivity index (χ1n) is 3.81. The zero-order chi connectivity index (χ0) is 9.97. The van der Waals surface area contributed by atoms with Crippen molar-refractivity contribution in [3.63, 3.8) is 0 Å². The minimum atomic E-state index is -0.282. The fourth-order valence-electron chi connectivity index (χ4n) is 0.988. The average Bonchev–Trinajstić information content (AvgIpc) is 2.71. The first kappa shape index (κ1) is 8.83. The van der Waals surface area contributed by atoms with E-state index < -0.39 is 0 Å². The molecule has 14 heavy (non-hydrogen) atoms. The predicted octanol–water partition coefficient (Wildman–Crippen LogP) is 1.08. The fraction of sp³-hybridized carbons (Fsp3) is 0. The van der Waals surface area contributed by atoms with Gasteiger partial charge in [0.15, 0.2) is 0 Å². The largest absolute Gasteiger partial charge is 0.285 e. The number of halogens is 1. The fourth-order valence-corrected chi connectivity index (χ4v) is 1.11. The Morgan fingerprint density at radius 3 is 2.57 bits per heavy atom. The van der Waals surface area contributed by atoms with Gasteiger partial charge in [-0.2, -0.15) is 5.21 Å². The van der Waals surface area contributed by atoms with Crippen LogP contribution in [0, 0.1) is 0 Å². The molecular formula is C8H5ClN4O. The molecule has 2 rings (SSSR count). The Morgan fingerprint density at radius 2 is 2.00 bits per heavy atom. The molecule has 5 nitrogen and oxygen atoms in total. The normalized spacial score (nSPS) is 10.1. The lowest BCUT2D eigenvalue weighted by molar-refractivity contribution is 0.102. The molecule has 70 valence electrons. The number of H-pyrrole nitrogens is 1. The van der Waals surface area contributed by atoms with E-state index in [-0.39, 0.29) is 11.6 Å². The monoisotopic (exact) mass is 208 g/mol. The first-order valence-corrected chi connectivity index (χ1v) is 4.19. The van der Waals surface area contributed by atoms with Gasteiger partial charge < -0.3 is 0 Å². The van der Waals surface area contributed by atoms with Crippen LogP contribution in [-0.2, 0) is 0 Å². The molecular weight excluding hydrogens is 204 g/mol. The molecule has 0 radical (unpaired) electrons. The Kier molecular flexibility index (Phi) is 2.24. The number of carbonyl (C=O) groups is 1. The third-order valence-electron chi connectivity index (χ3n) is 1.65. The number of aromatic nitrogens is 4. The molecule has 0 aliphatic rings. The number of nitrogens with zero attached hydrogens (tertiary/aromatic N) is 3. The van der Waals surface area contributed by atoms with Crippen molar-refractivity contribution in [2.24, 2.45) is 0 Å². The Labute approximate surface area is 84.1 Å². The van der Waals surface area contributed by atoms with E-state index in [1.54, 1.807) is 24.3 Å². The van der Waals surface area contributed by atoms with Crippen molar-refractivity contribution in [1.82, 2.24) is 20.6 Å². The van der Waals surface area contributed by atoms with Crippen molar-refractivity contribution in [3.05, 3.63) is 40.7 Å². The Balaban J connectivity index is 2.33. The van der Waals surface area contributed by atoms with Gasteiger partial charge in [-0.3, -0.25) is 4.79 Å². The Morgan fingerprint density at radius 1 is 1.29 bits per heavy atom. The smallest absolute Gasteiger partial charge is 0.245 e. The van der Waals surface area contributed by atoms with Crippen LogP contribution in [0.4, 0.5) is 0 Å². The summed E-state index contributed by atoms with van der Waals surface area (Å²) < 4.78 is 0. The van der Waals surface area contributed by atoms with Gasteiger partial charge in [0.2, 0.25) is 11.6 Å². The number of carbonyl (C=O) groups excluding carboxylic acids is 1. The summed E-state index contributed by atoms with van der Waals surface area (Å²) >= 11 is 5.68. The van der Waals surface area contributed by atoms with Gasteiger partial charge in [0.1, 0.15) is 0 Å². The van der Waals surface area contributed by atoms with Crippen LogP contribution >= 0.6 is 11.6 Å². The average molecular weight is 209 g/mol. The van der Waals surface area contributed by atoms with Crippen molar-refractivity contribution in [1.29, 1.82) is 0 Å². The van der Waals surface area contributed by atoms with Crippen LogP contribution in [0.5, 0.6) is 0 Å². The van der Waals surface area contributed by atoms with Crippen molar-refractivity contribution < 1.29 is 4.79 Å². The Bertz CT molecular complexity index is 437. The third-order valence-corrected chi connectivity index (χ3v) is 1.91. The van der Waals surface area contributed by atoms with Crippen LogP contribution in [0.3, 0.4) is 0 Å². The molecule has 0 bridgehead atoms. The van der Waals surface area contributed by atoms with Gasteiger partial charge in [-0.1, -0.05) is 11.6 Å². The second-order valence-electron chi connectivity index (χ2n) is 2.57. The molecule has 6 heteroatoms. The van der Waals surface area contributed by atoms with Gasteiger partial charge >= 0.3 is 0 Å². The van der Waals surface area contributed by atoms with E-state index in [4.69, 9.17) is 11.6 Å². The summed E-state index contributed by atoms with van der Waals surface area (Å²) in [4.78, 5) is 11.6. The minimum Gasteiger partial charge on any atom is -0.285 e. The molecule has 0 atom stereocenters. The number of hydrogen-bond acceptors (Lipinski definition) is 4. The number of benzene rings is 1. The maximum Gasteiger partial charge on any atom is 0.245 e. The van der Waals surface area contributed by atoms with Crippen LogP contribution < -0.4 is 0 Å². The van der Waals surface area contributed by atoms with Gasteiger partial charge in [-0.15, -0.1) is 10.2 Å². The zero-order valence-electron chi connectivity index (χ0n) is 6.94. The SMILES string of the molecule is O=C(c1ccc(Cl)cc1)c1nn[nH]n1. The van der Waals surface area contributed by atoms with Crippen molar-refractivity contribution in [2.45, 2.75) is 0 Å². The molecule has 1 N–H and O–H groups in total. The number of aromatic amines is 1. The highest BCUT2D eigenvalue weighted by Gasteiger charge is 2.12. The highest BCUT2D eigenvalue weighted by atomic mass is 35.5. The van der Waals surface area contributed by atoms with Gasteiger partial charge in [0.25, 0.3) is 0 Å². The molecule has 0 spiro atoms. The van der Waals surface area contributed by atoms with E-state index in [1.807, 2.05) is 0 Å². The molecule has 1 aromatic heterocycles. The van der Waals surface area contributed by atoms with E-state index in [0.29, 0.717) is 10.6 Å². The molecule has 0 fully saturated rings. The molecule has 0 aliphatic heterocycles. The summed E-state index contributed by atoms with van der Waals surface area (Å²) in [5, 5.41) is 13.3. The van der Waals surface area contributed by atoms with Crippen LogP contribution in [0.25, 0.3) is 0 Å². The van der Waals surface area contributed by atoms with Crippen LogP contribution in [0.2, 0.25) is 5.02 Å². The number of hydrogen-bond donors (Lipinski definition) is 1. The lowest BCUT2D eigenvalue weighted by Gasteiger charge is -1.95. The van der Waals surface area contributed by atoms with E-state index in [2.05, 4.69) is 20.6 Å². The van der Waals surface area contributed by atoms with Gasteiger partial charge in [-0.25, -0.2) is 0 Å². The number of tetrazole rings is 1. The highest BCUT2D eigenvalue weighted by molar-refractivity contribution is 6.30. The van der Waals surface area contributed by atoms with E-state index in [1.165, 1.54) is 0 Å². The second-order valence-corrected chi connectivity index (χ2v) is 3.01. The summed E-state index contributed by atoms with van der Waals surface area (Å²) in [5.74, 6) is -0.234. The topological polar surface area (TPSA) is 71.5 Å². The third kappa shape index (κ3) is 1.62. The molecule has 0 aliphatic carbocycles. The number of ketones is 1. The maximum atomic E-state index is 11.6. The van der Waals surface area contributed by atoms with Gasteiger partial charge in [-0.05, 0) is 29.5 Å². The standard InChI is InChI=1S/C8H5ClN4O/c9-6-3-1-5(2-4-6)7(14)8-10-12-13-11-8/h1-4H,(H,10,11,12,13). The molecule has 1 heterocycles. The summed E-state index contributed by atoms with van der Waals surface area (Å²) in [6.07, 6.45) is 0. The molecule has 1 aromatic carbocycles. The van der Waals surface area contributed by atoms with E-state index in [9.17, 15) is 4.79 Å². The quantitative estimate of drug-likeness (QED) is 0.750. The van der Waals surface area contributed by atoms with Gasteiger partial charge in [0, 0.05) is 10.6 Å². The van der Waals surface area contributed by atoms with Crippen molar-refractivity contribution in [2.75, 3.05) is 0 Å².